The Labute approximate surface area is 174 Å². The lowest BCUT2D eigenvalue weighted by Crippen LogP contribution is -2.43. The molecule has 1 aromatic heterocycles. The molecule has 1 aliphatic carbocycles. The van der Waals surface area contributed by atoms with Crippen LogP contribution in [0.4, 0.5) is 0 Å². The van der Waals surface area contributed by atoms with Crippen molar-refractivity contribution in [2.75, 3.05) is 14.2 Å². The molecule has 0 fully saturated rings. The molecule has 3 rings (SSSR count). The van der Waals surface area contributed by atoms with Crippen LogP contribution >= 0.6 is 11.3 Å². The van der Waals surface area contributed by atoms with Crippen molar-refractivity contribution in [1.82, 2.24) is 0 Å². The van der Waals surface area contributed by atoms with E-state index in [1.54, 1.807) is 18.6 Å². The van der Waals surface area contributed by atoms with E-state index in [9.17, 15) is 20.0 Å². The van der Waals surface area contributed by atoms with Crippen LogP contribution in [0.2, 0.25) is 19.6 Å². The van der Waals surface area contributed by atoms with Gasteiger partial charge < -0.3 is 14.6 Å². The van der Waals surface area contributed by atoms with E-state index >= 15 is 0 Å². The second-order valence-corrected chi connectivity index (χ2v) is 14.5. The molecule has 0 saturated carbocycles. The third kappa shape index (κ3) is 3.76. The molecule has 9 heteroatoms. The Kier molecular flexibility index (Phi) is 5.73. The van der Waals surface area contributed by atoms with E-state index in [4.69, 9.17) is 9.47 Å². The average molecular weight is 436 g/mol. The van der Waals surface area contributed by atoms with Gasteiger partial charge in [0.15, 0.2) is 11.5 Å². The fraction of sp³-hybridized carbons (Fsp3) is 0.450. The van der Waals surface area contributed by atoms with Gasteiger partial charge in [0, 0.05) is 16.7 Å². The molecule has 1 aliphatic rings. The number of methoxy groups -OCH3 is 2. The van der Waals surface area contributed by atoms with Gasteiger partial charge in [0.2, 0.25) is 6.04 Å². The number of nitro groups is 1. The molecule has 2 aromatic rings. The van der Waals surface area contributed by atoms with Gasteiger partial charge in [0.05, 0.1) is 33.8 Å². The summed E-state index contributed by atoms with van der Waals surface area (Å²) >= 11 is 1.41. The second kappa shape index (κ2) is 7.79. The Hall–Kier alpha value is -2.39. The number of rotatable bonds is 6. The van der Waals surface area contributed by atoms with E-state index in [0.29, 0.717) is 29.9 Å². The number of carboxylic acid groups (broad SMARTS) is 1. The highest BCUT2D eigenvalue weighted by molar-refractivity contribution is 7.25. The van der Waals surface area contributed by atoms with Crippen molar-refractivity contribution in [3.8, 4) is 11.5 Å². The molecule has 1 heterocycles. The van der Waals surface area contributed by atoms with Gasteiger partial charge in [-0.1, -0.05) is 19.6 Å². The summed E-state index contributed by atoms with van der Waals surface area (Å²) < 4.78 is 11.8. The third-order valence-electron chi connectivity index (χ3n) is 5.40. The first-order chi connectivity index (χ1) is 13.6. The van der Waals surface area contributed by atoms with Gasteiger partial charge in [-0.15, -0.1) is 0 Å². The Bertz CT molecular complexity index is 965. The summed E-state index contributed by atoms with van der Waals surface area (Å²) in [6, 6.07) is 2.76. The van der Waals surface area contributed by atoms with Gasteiger partial charge in [0.25, 0.3) is 0 Å². The molecule has 0 radical (unpaired) electrons. The molecular formula is C20H25NO6SSi. The third-order valence-corrected chi connectivity index (χ3v) is 10.0. The van der Waals surface area contributed by atoms with Crippen molar-refractivity contribution in [3.63, 3.8) is 0 Å². The van der Waals surface area contributed by atoms with Crippen LogP contribution in [0.1, 0.15) is 39.4 Å². The normalized spacial score (nSPS) is 18.8. The smallest absolute Gasteiger partial charge is 0.336 e. The Morgan fingerprint density at radius 3 is 2.38 bits per heavy atom. The molecule has 0 amide bonds. The van der Waals surface area contributed by atoms with E-state index in [1.807, 2.05) is 6.07 Å². The van der Waals surface area contributed by atoms with Gasteiger partial charge in [0.1, 0.15) is 0 Å². The number of hydrogen-bond donors (Lipinski definition) is 1. The molecule has 29 heavy (non-hydrogen) atoms. The summed E-state index contributed by atoms with van der Waals surface area (Å²) in [5, 5.41) is 23.5. The number of benzene rings is 1. The number of thiophene rings is 1. The Morgan fingerprint density at radius 2 is 1.86 bits per heavy atom. The van der Waals surface area contributed by atoms with Crippen LogP contribution in [0.25, 0.3) is 0 Å². The maximum atomic E-state index is 12.0. The van der Waals surface area contributed by atoms with E-state index < -0.39 is 26.0 Å². The summed E-state index contributed by atoms with van der Waals surface area (Å²) in [4.78, 5) is 23.8. The van der Waals surface area contributed by atoms with E-state index in [-0.39, 0.29) is 10.5 Å². The second-order valence-electron chi connectivity index (χ2n) is 8.22. The molecule has 0 spiro atoms. The van der Waals surface area contributed by atoms with Crippen molar-refractivity contribution in [2.24, 2.45) is 0 Å². The highest BCUT2D eigenvalue weighted by atomic mass is 32.1. The number of aromatic carboxylic acids is 1. The number of fused-ring (bicyclic) bond motifs is 1. The maximum absolute atomic E-state index is 12.0. The summed E-state index contributed by atoms with van der Waals surface area (Å²) in [7, 11) is 1.14. The number of nitrogens with zero attached hydrogens (tertiary/aromatic N) is 1. The zero-order valence-corrected chi connectivity index (χ0v) is 19.0. The fourth-order valence-electron chi connectivity index (χ4n) is 4.12. The number of aryl methyl sites for hydroxylation is 1. The lowest BCUT2D eigenvalue weighted by molar-refractivity contribution is -0.526. The molecule has 2 unspecified atom stereocenters. The number of carboxylic acids is 1. The number of carbonyl (C=O) groups is 1. The van der Waals surface area contributed by atoms with Crippen molar-refractivity contribution in [3.05, 3.63) is 49.9 Å². The quantitative estimate of drug-likeness (QED) is 0.422. The fourth-order valence-corrected chi connectivity index (χ4v) is 7.63. The zero-order chi connectivity index (χ0) is 21.5. The molecule has 7 nitrogen and oxygen atoms in total. The topological polar surface area (TPSA) is 98.9 Å². The van der Waals surface area contributed by atoms with Crippen LogP contribution in [0.5, 0.6) is 11.5 Å². The highest BCUT2D eigenvalue weighted by Gasteiger charge is 2.44. The minimum atomic E-state index is -1.94. The first kappa shape index (κ1) is 21.3. The monoisotopic (exact) mass is 435 g/mol. The Balaban J connectivity index is 2.34. The Morgan fingerprint density at radius 1 is 1.24 bits per heavy atom. The minimum absolute atomic E-state index is 0.173. The minimum Gasteiger partial charge on any atom is -0.493 e. The summed E-state index contributed by atoms with van der Waals surface area (Å²) in [5.41, 5.74) is 2.48. The molecule has 0 saturated heterocycles. The molecule has 0 bridgehead atoms. The van der Waals surface area contributed by atoms with Gasteiger partial charge in [-0.05, 0) is 39.7 Å². The van der Waals surface area contributed by atoms with Gasteiger partial charge in [-0.25, -0.2) is 4.79 Å². The van der Waals surface area contributed by atoms with Crippen LogP contribution in [-0.2, 0) is 6.42 Å². The van der Waals surface area contributed by atoms with Crippen LogP contribution < -0.4 is 14.0 Å². The summed E-state index contributed by atoms with van der Waals surface area (Å²) in [5.74, 6) is -0.622. The van der Waals surface area contributed by atoms with Crippen LogP contribution in [0.3, 0.4) is 0 Å². The van der Waals surface area contributed by atoms with Crippen LogP contribution in [-0.4, -0.2) is 44.3 Å². The summed E-state index contributed by atoms with van der Waals surface area (Å²) in [6.07, 6.45) is 0.882. The van der Waals surface area contributed by atoms with Crippen LogP contribution in [0, 0.1) is 10.1 Å². The number of hydrogen-bond acceptors (Lipinski definition) is 6. The molecule has 156 valence electrons. The van der Waals surface area contributed by atoms with Crippen molar-refractivity contribution in [1.29, 1.82) is 0 Å². The number of ether oxygens (including phenoxy) is 2. The van der Waals surface area contributed by atoms with Gasteiger partial charge >= 0.3 is 5.97 Å². The van der Waals surface area contributed by atoms with E-state index in [1.165, 1.54) is 18.4 Å². The van der Waals surface area contributed by atoms with Gasteiger partial charge in [-0.3, -0.25) is 10.1 Å². The lowest BCUT2D eigenvalue weighted by atomic mass is 9.75. The zero-order valence-electron chi connectivity index (χ0n) is 17.1. The van der Waals surface area contributed by atoms with E-state index in [2.05, 4.69) is 19.6 Å². The molecule has 0 aliphatic heterocycles. The van der Waals surface area contributed by atoms with Crippen molar-refractivity contribution in [2.45, 2.75) is 44.4 Å². The predicted octanol–water partition coefficient (Wildman–Crippen LogP) is 3.73. The highest BCUT2D eigenvalue weighted by Crippen LogP contribution is 2.44. The van der Waals surface area contributed by atoms with Crippen molar-refractivity contribution >= 4 is 29.9 Å². The van der Waals surface area contributed by atoms with Crippen LogP contribution in [0.15, 0.2) is 17.5 Å². The SMILES string of the molecule is COc1cc2c(cc1OC)C(c1c(C(=O)O)csc1[Si](C)(C)C)C([N+](=O)[O-])CC2. The molecule has 2 atom stereocenters. The van der Waals surface area contributed by atoms with Crippen molar-refractivity contribution < 1.29 is 24.3 Å². The maximum Gasteiger partial charge on any atom is 0.336 e. The average Bonchev–Trinajstić information content (AvgIpc) is 3.11. The first-order valence-corrected chi connectivity index (χ1v) is 13.7. The molecular weight excluding hydrogens is 410 g/mol. The predicted molar refractivity (Wildman–Crippen MR) is 115 cm³/mol. The molecule has 1 N–H and O–H groups in total. The molecule has 1 aromatic carbocycles. The van der Waals surface area contributed by atoms with E-state index in [0.717, 1.165) is 15.6 Å². The lowest BCUT2D eigenvalue weighted by Gasteiger charge is -2.32. The first-order valence-electron chi connectivity index (χ1n) is 9.33. The standard InChI is InChI=1S/C20H25NO6SSi/c1-26-15-8-11-6-7-14(21(24)25)17(12(11)9-16(15)27-2)18-13(19(22)23)10-28-20(18)29(3,4)5/h8-10,14,17H,6-7H2,1-5H3,(H,22,23). The summed E-state index contributed by atoms with van der Waals surface area (Å²) in [6.45, 7) is 6.40. The largest absolute Gasteiger partial charge is 0.493 e. The van der Waals surface area contributed by atoms with Gasteiger partial charge in [-0.2, -0.15) is 11.3 Å².